The number of methoxy groups -OCH3 is 1. The van der Waals surface area contributed by atoms with Gasteiger partial charge in [-0.3, -0.25) is 0 Å². The van der Waals surface area contributed by atoms with Gasteiger partial charge >= 0.3 is 6.15 Å². The van der Waals surface area contributed by atoms with E-state index < -0.39 is 6.15 Å². The van der Waals surface area contributed by atoms with Crippen molar-refractivity contribution in [2.45, 2.75) is 12.8 Å². The fraction of sp³-hybridized carbons (Fsp3) is 0.600. The second-order valence-corrected chi connectivity index (χ2v) is 3.77. The van der Waals surface area contributed by atoms with Gasteiger partial charge in [0.25, 0.3) is 0 Å². The minimum Gasteiger partial charge on any atom is -0.335 e. The van der Waals surface area contributed by atoms with Crippen LogP contribution in [0, 0.1) is 44.9 Å². The molecule has 0 amide bonds. The maximum absolute atomic E-state index is 8.09. The Balaban J connectivity index is 0.000000302. The molecule has 17 heavy (non-hydrogen) atoms. The van der Waals surface area contributed by atoms with Crippen LogP contribution < -0.4 is 4.90 Å². The van der Waals surface area contributed by atoms with Crippen LogP contribution in [0.1, 0.15) is 12.8 Å². The zero-order valence-corrected chi connectivity index (χ0v) is 9.81. The Hall–Kier alpha value is -2.06. The minimum atomic E-state index is -2.72. The predicted molar refractivity (Wildman–Crippen MR) is 60.0 cm³/mol. The second kappa shape index (κ2) is 8.14. The van der Waals surface area contributed by atoms with E-state index in [1.54, 1.807) is 12.0 Å². The Morgan fingerprint density at radius 1 is 1.00 bits per heavy atom. The van der Waals surface area contributed by atoms with E-state index in [-0.39, 0.29) is 0 Å². The lowest BCUT2D eigenvalue weighted by Crippen LogP contribution is -3.10. The lowest BCUT2D eigenvalue weighted by atomic mass is 9.30. The summed E-state index contributed by atoms with van der Waals surface area (Å²) < 4.78 is 4.99. The van der Waals surface area contributed by atoms with Crippen molar-refractivity contribution in [2.24, 2.45) is 0 Å². The molecule has 0 radical (unpaired) electrons. The quantitative estimate of drug-likeness (QED) is 0.610. The maximum atomic E-state index is 8.09. The molecule has 1 fully saturated rings. The van der Waals surface area contributed by atoms with Gasteiger partial charge < -0.3 is 9.64 Å². The van der Waals surface area contributed by atoms with E-state index in [1.807, 2.05) is 0 Å². The highest BCUT2D eigenvalue weighted by atomic mass is 16.5. The van der Waals surface area contributed by atoms with Crippen molar-refractivity contribution in [3.8, 4) is 23.9 Å². The number of hydrogen-bond donors (Lipinski definition) is 1. The Kier molecular flexibility index (Phi) is 7.15. The van der Waals surface area contributed by atoms with Gasteiger partial charge in [0, 0.05) is 20.0 Å². The molecule has 1 aliphatic rings. The third kappa shape index (κ3) is 5.00. The van der Waals surface area contributed by atoms with Crippen LogP contribution in [-0.4, -0.2) is 33.1 Å². The molecule has 88 valence electrons. The summed E-state index contributed by atoms with van der Waals surface area (Å²) in [5.41, 5.74) is 0. The molecule has 6 nitrogen and oxygen atoms in total. The average Bonchev–Trinajstić information content (AvgIpc) is 2.87. The zero-order valence-electron chi connectivity index (χ0n) is 9.81. The molecule has 1 saturated heterocycles. The largest absolute Gasteiger partial charge is 0.383 e. The van der Waals surface area contributed by atoms with Gasteiger partial charge in [0.15, 0.2) is 6.73 Å². The molecule has 0 aromatic rings. The second-order valence-electron chi connectivity index (χ2n) is 3.77. The molecule has 0 aromatic heterocycles. The number of likely N-dealkylation sites (tertiary alicyclic amines) is 1. The van der Waals surface area contributed by atoms with E-state index >= 15 is 0 Å². The fourth-order valence-corrected chi connectivity index (χ4v) is 1.40. The van der Waals surface area contributed by atoms with Gasteiger partial charge in [-0.1, -0.05) is 0 Å². The molecule has 1 heterocycles. The lowest BCUT2D eigenvalue weighted by Gasteiger charge is -2.08. The van der Waals surface area contributed by atoms with Crippen molar-refractivity contribution < 1.29 is 9.64 Å². The third-order valence-corrected chi connectivity index (χ3v) is 2.43. The van der Waals surface area contributed by atoms with Gasteiger partial charge in [0.1, 0.15) is 0 Å². The monoisotopic (exact) mass is 231 g/mol. The zero-order chi connectivity index (χ0) is 13.1. The van der Waals surface area contributed by atoms with Crippen molar-refractivity contribution in [1.29, 1.82) is 21.0 Å². The molecule has 7 heteroatoms. The maximum Gasteiger partial charge on any atom is 0.383 e. The van der Waals surface area contributed by atoms with Crippen LogP contribution >= 0.6 is 0 Å². The summed E-state index contributed by atoms with van der Waals surface area (Å²) in [5, 5.41) is 32.3. The Morgan fingerprint density at radius 3 is 1.65 bits per heavy atom. The minimum absolute atomic E-state index is 0.903. The van der Waals surface area contributed by atoms with Gasteiger partial charge in [-0.2, -0.15) is 0 Å². The van der Waals surface area contributed by atoms with Crippen molar-refractivity contribution in [3.63, 3.8) is 0 Å². The molecule has 0 bridgehead atoms. The molecule has 0 unspecified atom stereocenters. The van der Waals surface area contributed by atoms with Crippen molar-refractivity contribution in [1.82, 2.24) is 0 Å². The molecule has 0 saturated carbocycles. The highest BCUT2D eigenvalue weighted by molar-refractivity contribution is 7.05. The number of quaternary nitrogens is 1. The van der Waals surface area contributed by atoms with Crippen LogP contribution in [-0.2, 0) is 4.74 Å². The summed E-state index contributed by atoms with van der Waals surface area (Å²) in [6, 6.07) is 0. The summed E-state index contributed by atoms with van der Waals surface area (Å²) in [5.74, 6) is 5.38. The highest BCUT2D eigenvalue weighted by Crippen LogP contribution is 1.92. The Labute approximate surface area is 101 Å². The molecule has 0 aromatic carbocycles. The fourth-order valence-electron chi connectivity index (χ4n) is 1.40. The van der Waals surface area contributed by atoms with Crippen molar-refractivity contribution in [2.75, 3.05) is 26.9 Å². The molecule has 0 aliphatic carbocycles. The van der Waals surface area contributed by atoms with Gasteiger partial charge in [0.2, 0.25) is 0 Å². The average molecular weight is 231 g/mol. The summed E-state index contributed by atoms with van der Waals surface area (Å²) >= 11 is 0. The van der Waals surface area contributed by atoms with E-state index in [0.717, 1.165) is 6.73 Å². The summed E-state index contributed by atoms with van der Waals surface area (Å²) in [7, 11) is 1.77. The summed E-state index contributed by atoms with van der Waals surface area (Å²) in [4.78, 5) is 1.60. The molecule has 0 spiro atoms. The normalized spacial score (nSPS) is 14.4. The number of rotatable bonds is 2. The first-order valence-corrected chi connectivity index (χ1v) is 5.31. The molecule has 1 aliphatic heterocycles. The van der Waals surface area contributed by atoms with Crippen LogP contribution in [0.3, 0.4) is 0 Å². The van der Waals surface area contributed by atoms with Crippen LogP contribution in [0.2, 0.25) is 0 Å². The van der Waals surface area contributed by atoms with Gasteiger partial charge in [-0.15, -0.1) is 23.9 Å². The Morgan fingerprint density at radius 2 is 1.41 bits per heavy atom. The number of nitrogens with one attached hydrogen (secondary N) is 1. The van der Waals surface area contributed by atoms with Crippen molar-refractivity contribution in [3.05, 3.63) is 0 Å². The van der Waals surface area contributed by atoms with Crippen LogP contribution in [0.15, 0.2) is 0 Å². The number of nitrogens with zero attached hydrogens (tertiary/aromatic N) is 4. The first kappa shape index (κ1) is 14.9. The first-order chi connectivity index (χ1) is 8.17. The number of hydrogen-bond acceptors (Lipinski definition) is 5. The first-order valence-electron chi connectivity index (χ1n) is 5.31. The van der Waals surface area contributed by atoms with E-state index in [2.05, 4.69) is 0 Å². The Bertz CT molecular complexity index is 329. The molecule has 0 atom stereocenters. The van der Waals surface area contributed by atoms with Crippen molar-refractivity contribution >= 4 is 6.15 Å². The van der Waals surface area contributed by atoms with E-state index in [9.17, 15) is 0 Å². The van der Waals surface area contributed by atoms with Gasteiger partial charge in [-0.25, -0.2) is 21.0 Å². The summed E-state index contributed by atoms with van der Waals surface area (Å²) in [6.45, 7) is 3.53. The third-order valence-electron chi connectivity index (χ3n) is 2.43. The lowest BCUT2D eigenvalue weighted by molar-refractivity contribution is -0.907. The summed E-state index contributed by atoms with van der Waals surface area (Å²) in [6.07, 6.45) is 0.0530. The van der Waals surface area contributed by atoms with Crippen LogP contribution in [0.25, 0.3) is 0 Å². The molecular weight excluding hydrogens is 217 g/mol. The molecule has 1 rings (SSSR count). The SMILES string of the molecule is COC[NH+]1CCCC1.N#C[B-](C#N)(C#N)C#N. The predicted octanol–water partition coefficient (Wildman–Crippen LogP) is -1.04. The molecule has 1 N–H and O–H groups in total. The standard InChI is InChI=1S/C6H13NO.C4BN4/c1-8-6-7-4-2-3-5-7;6-1-5(2-7,3-8)4-9/h2-6H2,1H3;/q;-1/p+1. The highest BCUT2D eigenvalue weighted by Gasteiger charge is 2.22. The van der Waals surface area contributed by atoms with E-state index in [4.69, 9.17) is 25.8 Å². The number of nitriles is 4. The smallest absolute Gasteiger partial charge is 0.335 e. The number of ether oxygens (including phenoxy) is 1. The van der Waals surface area contributed by atoms with E-state index in [1.165, 1.54) is 49.8 Å². The van der Waals surface area contributed by atoms with Gasteiger partial charge in [-0.05, 0) is 0 Å². The topological polar surface area (TPSA) is 109 Å². The van der Waals surface area contributed by atoms with E-state index in [0.29, 0.717) is 0 Å². The van der Waals surface area contributed by atoms with Crippen LogP contribution in [0.5, 0.6) is 0 Å². The molecular formula is C10H14BN5O. The van der Waals surface area contributed by atoms with Crippen LogP contribution in [0.4, 0.5) is 0 Å². The van der Waals surface area contributed by atoms with Gasteiger partial charge in [0.05, 0.1) is 13.1 Å².